The summed E-state index contributed by atoms with van der Waals surface area (Å²) < 4.78 is 4.66. The predicted octanol–water partition coefficient (Wildman–Crippen LogP) is 0.442. The van der Waals surface area contributed by atoms with Crippen molar-refractivity contribution < 1.29 is 14.3 Å². The Morgan fingerprint density at radius 2 is 2.00 bits per heavy atom. The maximum Gasteiger partial charge on any atom is 0.309 e. The first-order valence-corrected chi connectivity index (χ1v) is 6.15. The lowest BCUT2D eigenvalue weighted by Gasteiger charge is -2.19. The first-order valence-electron chi connectivity index (χ1n) is 6.15. The minimum absolute atomic E-state index is 0.0103. The molecule has 2 atom stereocenters. The first kappa shape index (κ1) is 14.0. The van der Waals surface area contributed by atoms with Crippen molar-refractivity contribution in [3.63, 3.8) is 0 Å². The van der Waals surface area contributed by atoms with E-state index in [-0.39, 0.29) is 23.8 Å². The number of ether oxygens (including phenoxy) is 1. The van der Waals surface area contributed by atoms with Crippen LogP contribution in [0.2, 0.25) is 0 Å². The lowest BCUT2D eigenvalue weighted by molar-refractivity contribution is -0.145. The molecule has 0 aromatic carbocycles. The second-order valence-corrected chi connectivity index (χ2v) is 4.65. The third-order valence-corrected chi connectivity index (χ3v) is 3.08. The largest absolute Gasteiger partial charge is 0.469 e. The Kier molecular flexibility index (Phi) is 5.41. The summed E-state index contributed by atoms with van der Waals surface area (Å²) >= 11 is 0. The maximum atomic E-state index is 11.4. The van der Waals surface area contributed by atoms with Crippen molar-refractivity contribution in [3.05, 3.63) is 0 Å². The van der Waals surface area contributed by atoms with Gasteiger partial charge in [0.05, 0.1) is 13.0 Å². The number of hydrogen-bond donors (Lipinski definition) is 2. The van der Waals surface area contributed by atoms with Gasteiger partial charge in [-0.25, -0.2) is 0 Å². The minimum Gasteiger partial charge on any atom is -0.469 e. The summed E-state index contributed by atoms with van der Waals surface area (Å²) in [6.45, 7) is 4.31. The Morgan fingerprint density at radius 3 is 2.53 bits per heavy atom. The molecule has 1 rings (SSSR count). The zero-order valence-corrected chi connectivity index (χ0v) is 10.8. The molecule has 0 spiro atoms. The van der Waals surface area contributed by atoms with Gasteiger partial charge in [-0.05, 0) is 19.8 Å². The number of amides is 1. The van der Waals surface area contributed by atoms with Gasteiger partial charge < -0.3 is 15.4 Å². The predicted molar refractivity (Wildman–Crippen MR) is 64.4 cm³/mol. The van der Waals surface area contributed by atoms with Gasteiger partial charge in [0.2, 0.25) is 5.91 Å². The Balaban J connectivity index is 2.11. The highest BCUT2D eigenvalue weighted by atomic mass is 16.5. The van der Waals surface area contributed by atoms with Gasteiger partial charge >= 0.3 is 5.97 Å². The molecule has 5 heteroatoms. The smallest absolute Gasteiger partial charge is 0.309 e. The topological polar surface area (TPSA) is 67.4 Å². The number of methoxy groups -OCH3 is 1. The molecular weight excluding hydrogens is 220 g/mol. The molecule has 5 nitrogen and oxygen atoms in total. The van der Waals surface area contributed by atoms with Crippen LogP contribution in [0.1, 0.15) is 33.1 Å². The van der Waals surface area contributed by atoms with Crippen LogP contribution in [0.25, 0.3) is 0 Å². The molecule has 0 aromatic rings. The molecule has 1 aliphatic carbocycles. The summed E-state index contributed by atoms with van der Waals surface area (Å²) in [6, 6.07) is 0.421. The molecule has 0 heterocycles. The molecule has 1 fully saturated rings. The van der Waals surface area contributed by atoms with Gasteiger partial charge in [0.25, 0.3) is 0 Å². The maximum absolute atomic E-state index is 11.4. The van der Waals surface area contributed by atoms with Crippen LogP contribution in [0.3, 0.4) is 0 Å². The van der Waals surface area contributed by atoms with E-state index in [4.69, 9.17) is 0 Å². The van der Waals surface area contributed by atoms with Crippen molar-refractivity contribution in [2.75, 3.05) is 13.7 Å². The highest BCUT2D eigenvalue weighted by molar-refractivity contribution is 5.76. The van der Waals surface area contributed by atoms with Crippen LogP contribution in [-0.4, -0.2) is 37.6 Å². The van der Waals surface area contributed by atoms with Crippen LogP contribution in [0.5, 0.6) is 0 Å². The van der Waals surface area contributed by atoms with E-state index >= 15 is 0 Å². The van der Waals surface area contributed by atoms with Crippen molar-refractivity contribution in [1.29, 1.82) is 0 Å². The lowest BCUT2D eigenvalue weighted by atomic mass is 10.0. The zero-order valence-electron chi connectivity index (χ0n) is 10.8. The summed E-state index contributed by atoms with van der Waals surface area (Å²) in [5.74, 6) is -0.350. The van der Waals surface area contributed by atoms with Gasteiger partial charge in [0.15, 0.2) is 0 Å². The molecule has 1 saturated carbocycles. The quantitative estimate of drug-likeness (QED) is 0.636. The molecule has 0 radical (unpaired) electrons. The van der Waals surface area contributed by atoms with Crippen molar-refractivity contribution in [2.24, 2.45) is 5.92 Å². The Hall–Kier alpha value is -1.10. The van der Waals surface area contributed by atoms with E-state index in [2.05, 4.69) is 15.4 Å². The Morgan fingerprint density at radius 1 is 1.35 bits per heavy atom. The van der Waals surface area contributed by atoms with E-state index in [0.29, 0.717) is 19.0 Å². The molecule has 2 N–H and O–H groups in total. The highest BCUT2D eigenvalue weighted by Gasteiger charge is 2.23. The fourth-order valence-electron chi connectivity index (χ4n) is 1.51. The number of hydrogen-bond acceptors (Lipinski definition) is 4. The fourth-order valence-corrected chi connectivity index (χ4v) is 1.51. The average molecular weight is 242 g/mol. The molecule has 98 valence electrons. The van der Waals surface area contributed by atoms with E-state index in [0.717, 1.165) is 12.8 Å². The van der Waals surface area contributed by atoms with Crippen LogP contribution < -0.4 is 10.6 Å². The molecule has 0 bridgehead atoms. The van der Waals surface area contributed by atoms with Gasteiger partial charge in [-0.3, -0.25) is 9.59 Å². The first-order chi connectivity index (χ1) is 8.04. The molecular formula is C12H22N2O3. The normalized spacial score (nSPS) is 18.3. The second kappa shape index (κ2) is 6.59. The molecule has 2 unspecified atom stereocenters. The molecule has 0 aliphatic heterocycles. The molecule has 1 aliphatic rings. The van der Waals surface area contributed by atoms with Crippen LogP contribution in [-0.2, 0) is 14.3 Å². The van der Waals surface area contributed by atoms with E-state index in [1.807, 2.05) is 13.8 Å². The number of carbonyl (C=O) groups is 2. The van der Waals surface area contributed by atoms with Gasteiger partial charge in [-0.2, -0.15) is 0 Å². The third-order valence-electron chi connectivity index (χ3n) is 3.08. The van der Waals surface area contributed by atoms with Crippen LogP contribution in [0, 0.1) is 5.92 Å². The SMILES string of the molecule is COC(=O)C(C)C(C)NCCC(=O)NC1CC1. The zero-order chi connectivity index (χ0) is 12.8. The van der Waals surface area contributed by atoms with E-state index < -0.39 is 0 Å². The minimum atomic E-state index is -0.229. The fraction of sp³-hybridized carbons (Fsp3) is 0.833. The van der Waals surface area contributed by atoms with Gasteiger partial charge in [-0.1, -0.05) is 6.92 Å². The average Bonchev–Trinajstić information content (AvgIpc) is 3.10. The van der Waals surface area contributed by atoms with Gasteiger partial charge in [0.1, 0.15) is 0 Å². The van der Waals surface area contributed by atoms with E-state index in [9.17, 15) is 9.59 Å². The number of carbonyl (C=O) groups excluding carboxylic acids is 2. The van der Waals surface area contributed by atoms with E-state index in [1.165, 1.54) is 7.11 Å². The van der Waals surface area contributed by atoms with Crippen LogP contribution in [0.15, 0.2) is 0 Å². The summed E-state index contributed by atoms with van der Waals surface area (Å²) in [5.41, 5.74) is 0. The number of nitrogens with one attached hydrogen (secondary N) is 2. The third kappa shape index (κ3) is 5.17. The summed E-state index contributed by atoms with van der Waals surface area (Å²) in [4.78, 5) is 22.7. The standard InChI is InChI=1S/C12H22N2O3/c1-8(12(16)17-3)9(2)13-7-6-11(15)14-10-4-5-10/h8-10,13H,4-7H2,1-3H3,(H,14,15). The highest BCUT2D eigenvalue weighted by Crippen LogP contribution is 2.18. The summed E-state index contributed by atoms with van der Waals surface area (Å²) in [7, 11) is 1.38. The number of rotatable bonds is 7. The van der Waals surface area contributed by atoms with E-state index in [1.54, 1.807) is 0 Å². The Labute approximate surface area is 102 Å². The van der Waals surface area contributed by atoms with Crippen LogP contribution >= 0.6 is 0 Å². The van der Waals surface area contributed by atoms with Crippen LogP contribution in [0.4, 0.5) is 0 Å². The monoisotopic (exact) mass is 242 g/mol. The molecule has 0 saturated heterocycles. The van der Waals surface area contributed by atoms with Crippen molar-refractivity contribution in [2.45, 2.75) is 45.2 Å². The number of esters is 1. The second-order valence-electron chi connectivity index (χ2n) is 4.65. The van der Waals surface area contributed by atoms with Gasteiger partial charge in [-0.15, -0.1) is 0 Å². The Bertz CT molecular complexity index is 277. The van der Waals surface area contributed by atoms with Gasteiger partial charge in [0, 0.05) is 25.0 Å². The molecule has 0 aromatic heterocycles. The van der Waals surface area contributed by atoms with Crippen molar-refractivity contribution >= 4 is 11.9 Å². The van der Waals surface area contributed by atoms with Crippen molar-refractivity contribution in [1.82, 2.24) is 10.6 Å². The van der Waals surface area contributed by atoms with Crippen molar-refractivity contribution in [3.8, 4) is 0 Å². The summed E-state index contributed by atoms with van der Waals surface area (Å²) in [6.07, 6.45) is 2.67. The summed E-state index contributed by atoms with van der Waals surface area (Å²) in [5, 5.41) is 6.08. The lowest BCUT2D eigenvalue weighted by Crippen LogP contribution is -2.39. The molecule has 1 amide bonds. The molecule has 17 heavy (non-hydrogen) atoms.